The second-order valence-electron chi connectivity index (χ2n) is 6.17. The molecule has 0 saturated carbocycles. The average Bonchev–Trinajstić information content (AvgIpc) is 3.05. The molecule has 2 aromatic carbocycles. The van der Waals surface area contributed by atoms with Crippen LogP contribution in [0.25, 0.3) is 10.1 Å². The van der Waals surface area contributed by atoms with Gasteiger partial charge in [0.15, 0.2) is 0 Å². The second-order valence-corrected chi connectivity index (χ2v) is 7.63. The van der Waals surface area contributed by atoms with Crippen LogP contribution in [0, 0.1) is 10.1 Å². The number of nitrogens with one attached hydrogen (secondary N) is 1. The Labute approximate surface area is 175 Å². The number of nitro groups is 1. The quantitative estimate of drug-likeness (QED) is 0.224. The van der Waals surface area contributed by atoms with Crippen molar-refractivity contribution in [3.63, 3.8) is 0 Å². The van der Waals surface area contributed by atoms with Crippen LogP contribution in [-0.4, -0.2) is 23.4 Å². The van der Waals surface area contributed by atoms with E-state index in [4.69, 9.17) is 16.3 Å². The summed E-state index contributed by atoms with van der Waals surface area (Å²) in [5.41, 5.74) is 0.150. The smallest absolute Gasteiger partial charge is 0.341 e. The molecule has 3 aromatic rings. The normalized spacial score (nSPS) is 10.7. The van der Waals surface area contributed by atoms with Crippen molar-refractivity contribution in [3.05, 3.63) is 68.7 Å². The van der Waals surface area contributed by atoms with Crippen molar-refractivity contribution in [1.82, 2.24) is 0 Å². The summed E-state index contributed by atoms with van der Waals surface area (Å²) in [6.45, 7) is 2.29. The molecule has 150 valence electrons. The molecular weight excluding hydrogens is 416 g/mol. The first-order valence-electron chi connectivity index (χ1n) is 8.86. The first-order chi connectivity index (χ1) is 13.9. The third-order valence-electron chi connectivity index (χ3n) is 4.16. The minimum absolute atomic E-state index is 0.141. The summed E-state index contributed by atoms with van der Waals surface area (Å²) in [6.07, 6.45) is 1.64. The van der Waals surface area contributed by atoms with Crippen LogP contribution in [0.2, 0.25) is 5.02 Å². The number of halogens is 1. The Morgan fingerprint density at radius 2 is 2.00 bits per heavy atom. The highest BCUT2D eigenvalue weighted by molar-refractivity contribution is 7.23. The molecule has 0 saturated heterocycles. The Balaban J connectivity index is 1.92. The van der Waals surface area contributed by atoms with E-state index >= 15 is 0 Å². The highest BCUT2D eigenvalue weighted by Gasteiger charge is 2.23. The highest BCUT2D eigenvalue weighted by atomic mass is 35.5. The van der Waals surface area contributed by atoms with Gasteiger partial charge in [-0.25, -0.2) is 4.79 Å². The van der Waals surface area contributed by atoms with E-state index in [1.54, 1.807) is 12.1 Å². The lowest BCUT2D eigenvalue weighted by Gasteiger charge is -2.08. The molecule has 0 radical (unpaired) electrons. The maximum absolute atomic E-state index is 12.7. The molecule has 0 fully saturated rings. The van der Waals surface area contributed by atoms with Crippen LogP contribution in [0.1, 0.15) is 40.5 Å². The monoisotopic (exact) mass is 432 g/mol. The third-order valence-corrected chi connectivity index (χ3v) is 5.55. The lowest BCUT2D eigenvalue weighted by Crippen LogP contribution is -2.15. The zero-order valence-corrected chi connectivity index (χ0v) is 17.0. The zero-order valence-electron chi connectivity index (χ0n) is 15.4. The Morgan fingerprint density at radius 3 is 2.69 bits per heavy atom. The number of fused-ring (bicyclic) bond motifs is 1. The maximum atomic E-state index is 12.7. The van der Waals surface area contributed by atoms with Gasteiger partial charge in [-0.15, -0.1) is 11.3 Å². The van der Waals surface area contributed by atoms with Gasteiger partial charge >= 0.3 is 5.97 Å². The van der Waals surface area contributed by atoms with Gasteiger partial charge in [-0.1, -0.05) is 43.1 Å². The fourth-order valence-electron chi connectivity index (χ4n) is 2.69. The van der Waals surface area contributed by atoms with Crippen molar-refractivity contribution >= 4 is 55.6 Å². The summed E-state index contributed by atoms with van der Waals surface area (Å²) in [6, 6.07) is 11.0. The lowest BCUT2D eigenvalue weighted by molar-refractivity contribution is -0.384. The molecule has 1 heterocycles. The van der Waals surface area contributed by atoms with Crippen LogP contribution in [0.4, 0.5) is 10.7 Å². The molecule has 0 aliphatic carbocycles. The summed E-state index contributed by atoms with van der Waals surface area (Å²) in [7, 11) is 0. The van der Waals surface area contributed by atoms with Gasteiger partial charge in [-0.2, -0.15) is 0 Å². The fourth-order valence-corrected chi connectivity index (χ4v) is 4.02. The van der Waals surface area contributed by atoms with E-state index in [9.17, 15) is 19.7 Å². The number of hydrogen-bond donors (Lipinski definition) is 1. The van der Waals surface area contributed by atoms with Crippen molar-refractivity contribution < 1.29 is 19.2 Å². The molecule has 3 rings (SSSR count). The zero-order chi connectivity index (χ0) is 21.0. The van der Waals surface area contributed by atoms with Crippen LogP contribution in [0.3, 0.4) is 0 Å². The summed E-state index contributed by atoms with van der Waals surface area (Å²) in [5, 5.41) is 14.5. The van der Waals surface area contributed by atoms with Crippen molar-refractivity contribution in [2.75, 3.05) is 11.9 Å². The van der Waals surface area contributed by atoms with Crippen molar-refractivity contribution in [2.45, 2.75) is 19.8 Å². The third kappa shape index (κ3) is 4.55. The summed E-state index contributed by atoms with van der Waals surface area (Å²) >= 11 is 7.15. The molecule has 0 spiro atoms. The number of carbonyl (C=O) groups excluding carboxylic acids is 2. The number of ether oxygens (including phenoxy) is 1. The molecule has 0 aliphatic rings. The van der Waals surface area contributed by atoms with Crippen LogP contribution in [0.5, 0.6) is 0 Å². The molecule has 9 heteroatoms. The number of carbonyl (C=O) groups is 2. The molecule has 0 aliphatic heterocycles. The number of rotatable bonds is 7. The van der Waals surface area contributed by atoms with Crippen LogP contribution < -0.4 is 5.32 Å². The predicted octanol–water partition coefficient (Wildman–Crippen LogP) is 5.67. The minimum atomic E-state index is -0.625. The van der Waals surface area contributed by atoms with Crippen molar-refractivity contribution in [3.8, 4) is 0 Å². The van der Waals surface area contributed by atoms with Gasteiger partial charge in [0.25, 0.3) is 11.6 Å². The van der Waals surface area contributed by atoms with Gasteiger partial charge < -0.3 is 10.1 Å². The van der Waals surface area contributed by atoms with Gasteiger partial charge in [-0.05, 0) is 24.6 Å². The standard InChI is InChI=1S/C20H17ClN2O5S/c1-2-3-10-28-20(25)17-13-6-4-5-7-16(13)29-19(17)22-18(24)12-8-9-15(23(26)27)14(21)11-12/h4-9,11H,2-3,10H2,1H3,(H,22,24). The number of nitro benzene ring substituents is 1. The van der Waals surface area contributed by atoms with E-state index in [1.165, 1.54) is 29.5 Å². The van der Waals surface area contributed by atoms with Crippen molar-refractivity contribution in [1.29, 1.82) is 0 Å². The molecule has 1 aromatic heterocycles. The summed E-state index contributed by atoms with van der Waals surface area (Å²) in [5.74, 6) is -1.04. The van der Waals surface area contributed by atoms with Crippen LogP contribution in [0.15, 0.2) is 42.5 Å². The first-order valence-corrected chi connectivity index (χ1v) is 10.1. The Hall–Kier alpha value is -2.97. The van der Waals surface area contributed by atoms with Gasteiger partial charge in [0.05, 0.1) is 11.5 Å². The van der Waals surface area contributed by atoms with Gasteiger partial charge in [-0.3, -0.25) is 14.9 Å². The van der Waals surface area contributed by atoms with Gasteiger partial charge in [0.2, 0.25) is 0 Å². The molecule has 1 amide bonds. The Bertz CT molecular complexity index is 1100. The fraction of sp³-hybridized carbons (Fsp3) is 0.200. The van der Waals surface area contributed by atoms with Gasteiger partial charge in [0.1, 0.15) is 15.6 Å². The molecular formula is C20H17ClN2O5S. The molecule has 0 unspecified atom stereocenters. The van der Waals surface area contributed by atoms with E-state index < -0.39 is 16.8 Å². The Kier molecular flexibility index (Phi) is 6.46. The molecule has 1 N–H and O–H groups in total. The molecule has 0 atom stereocenters. The number of amides is 1. The number of esters is 1. The predicted molar refractivity (Wildman–Crippen MR) is 113 cm³/mol. The summed E-state index contributed by atoms with van der Waals surface area (Å²) in [4.78, 5) is 35.6. The highest BCUT2D eigenvalue weighted by Crippen LogP contribution is 2.36. The summed E-state index contributed by atoms with van der Waals surface area (Å²) < 4.78 is 6.17. The topological polar surface area (TPSA) is 98.5 Å². The van der Waals surface area contributed by atoms with E-state index in [0.29, 0.717) is 22.6 Å². The Morgan fingerprint density at radius 1 is 1.24 bits per heavy atom. The second kappa shape index (κ2) is 9.02. The van der Waals surface area contributed by atoms with E-state index in [1.807, 2.05) is 19.1 Å². The van der Waals surface area contributed by atoms with E-state index in [0.717, 1.165) is 17.5 Å². The number of benzene rings is 2. The molecule has 0 bridgehead atoms. The number of anilines is 1. The SMILES string of the molecule is CCCCOC(=O)c1c(NC(=O)c2ccc([N+](=O)[O-])c(Cl)c2)sc2ccccc12. The number of thiophene rings is 1. The molecule has 29 heavy (non-hydrogen) atoms. The average molecular weight is 433 g/mol. The largest absolute Gasteiger partial charge is 0.462 e. The molecule has 7 nitrogen and oxygen atoms in total. The lowest BCUT2D eigenvalue weighted by atomic mass is 10.1. The number of unbranched alkanes of at least 4 members (excludes halogenated alkanes) is 1. The van der Waals surface area contributed by atoms with E-state index in [2.05, 4.69) is 5.32 Å². The first kappa shape index (κ1) is 20.8. The van der Waals surface area contributed by atoms with Gasteiger partial charge in [0, 0.05) is 21.7 Å². The number of hydrogen-bond acceptors (Lipinski definition) is 6. The van der Waals surface area contributed by atoms with Crippen LogP contribution in [-0.2, 0) is 4.74 Å². The van der Waals surface area contributed by atoms with Crippen molar-refractivity contribution in [2.24, 2.45) is 0 Å². The minimum Gasteiger partial charge on any atom is -0.462 e. The number of nitrogens with zero attached hydrogens (tertiary/aromatic N) is 1. The van der Waals surface area contributed by atoms with E-state index in [-0.39, 0.29) is 16.3 Å². The maximum Gasteiger partial charge on any atom is 0.341 e. The van der Waals surface area contributed by atoms with Crippen LogP contribution >= 0.6 is 22.9 Å².